The second kappa shape index (κ2) is 10.5. The molecule has 4 rings (SSSR count). The lowest BCUT2D eigenvalue weighted by molar-refractivity contribution is -0.213. The standard InChI is InChI=1S/C27H25F7N4O3S/c1-13-11-18(25(9-6-10-25)27(32,33)34)20(28)15(3)21(13)41-24-19(14(2)22(37-38-24)26(29,30)31)23(39)36-16-7-5-8-17(12-16)42(4,35)40/h5,7-8,11-12,35H,6,9-10H2,1-4H3,(H,36,39). The molecular formula is C27H25F7N4O3S. The Labute approximate surface area is 236 Å². The largest absolute Gasteiger partial charge is 0.436 e. The van der Waals surface area contributed by atoms with Gasteiger partial charge in [-0.3, -0.25) is 4.79 Å². The van der Waals surface area contributed by atoms with Gasteiger partial charge < -0.3 is 10.1 Å². The predicted octanol–water partition coefficient (Wildman–Crippen LogP) is 7.62. The second-order valence-corrected chi connectivity index (χ2v) is 12.4. The quantitative estimate of drug-likeness (QED) is 0.277. The fraction of sp³-hybridized carbons (Fsp3) is 0.370. The van der Waals surface area contributed by atoms with Crippen molar-refractivity contribution in [3.63, 3.8) is 0 Å². The van der Waals surface area contributed by atoms with Crippen molar-refractivity contribution in [2.24, 2.45) is 0 Å². The number of hydrogen-bond acceptors (Lipinski definition) is 6. The highest BCUT2D eigenvalue weighted by molar-refractivity contribution is 7.91. The van der Waals surface area contributed by atoms with Crippen LogP contribution in [0.3, 0.4) is 0 Å². The molecule has 1 aliphatic rings. The fourth-order valence-corrected chi connectivity index (χ4v) is 5.59. The Hall–Kier alpha value is -3.75. The molecule has 1 amide bonds. The summed E-state index contributed by atoms with van der Waals surface area (Å²) in [6.07, 6.45) is -8.92. The number of nitrogens with zero attached hydrogens (tertiary/aromatic N) is 2. The van der Waals surface area contributed by atoms with Gasteiger partial charge in [0.2, 0.25) is 0 Å². The molecule has 15 heteroatoms. The van der Waals surface area contributed by atoms with Crippen molar-refractivity contribution in [1.82, 2.24) is 10.2 Å². The fourth-order valence-electron chi connectivity index (χ4n) is 4.90. The molecule has 7 nitrogen and oxygen atoms in total. The Morgan fingerprint density at radius 3 is 2.21 bits per heavy atom. The van der Waals surface area contributed by atoms with Crippen molar-refractivity contribution < 1.29 is 44.5 Å². The first kappa shape index (κ1) is 31.2. The van der Waals surface area contributed by atoms with Crippen LogP contribution in [0.4, 0.5) is 36.4 Å². The number of aryl methyl sites for hydroxylation is 1. The van der Waals surface area contributed by atoms with Gasteiger partial charge >= 0.3 is 12.4 Å². The molecular weight excluding hydrogens is 593 g/mol. The summed E-state index contributed by atoms with van der Waals surface area (Å²) < 4.78 is 124. The van der Waals surface area contributed by atoms with E-state index in [2.05, 4.69) is 15.5 Å². The Balaban J connectivity index is 1.81. The molecule has 2 N–H and O–H groups in total. The zero-order chi connectivity index (χ0) is 31.4. The van der Waals surface area contributed by atoms with Crippen molar-refractivity contribution in [3.05, 3.63) is 69.7 Å². The Morgan fingerprint density at radius 1 is 1.05 bits per heavy atom. The monoisotopic (exact) mass is 618 g/mol. The molecule has 1 fully saturated rings. The van der Waals surface area contributed by atoms with Gasteiger partial charge in [0.15, 0.2) is 5.69 Å². The van der Waals surface area contributed by atoms with Crippen LogP contribution in [0, 0.1) is 31.4 Å². The Bertz CT molecular complexity index is 1680. The third-order valence-corrected chi connectivity index (χ3v) is 8.46. The van der Waals surface area contributed by atoms with Crippen LogP contribution in [0.15, 0.2) is 35.2 Å². The maximum Gasteiger partial charge on any atom is 0.435 e. The van der Waals surface area contributed by atoms with E-state index in [-0.39, 0.29) is 46.7 Å². The van der Waals surface area contributed by atoms with Crippen molar-refractivity contribution >= 4 is 21.3 Å². The van der Waals surface area contributed by atoms with Gasteiger partial charge in [-0.15, -0.1) is 10.2 Å². The van der Waals surface area contributed by atoms with E-state index >= 15 is 4.39 Å². The van der Waals surface area contributed by atoms with Crippen molar-refractivity contribution in [3.8, 4) is 11.6 Å². The number of nitrogens with one attached hydrogen (secondary N) is 2. The van der Waals surface area contributed by atoms with Gasteiger partial charge in [-0.1, -0.05) is 12.5 Å². The molecule has 0 spiro atoms. The molecule has 0 radical (unpaired) electrons. The topological polar surface area (TPSA) is 105 Å². The molecule has 1 unspecified atom stereocenters. The molecule has 1 heterocycles. The van der Waals surface area contributed by atoms with Crippen LogP contribution in [0.2, 0.25) is 0 Å². The number of anilines is 1. The summed E-state index contributed by atoms with van der Waals surface area (Å²) in [5, 5.41) is 8.94. The highest BCUT2D eigenvalue weighted by atomic mass is 32.2. The summed E-state index contributed by atoms with van der Waals surface area (Å²) in [5.41, 5.74) is -6.15. The van der Waals surface area contributed by atoms with Crippen LogP contribution in [0.25, 0.3) is 0 Å². The number of amides is 1. The van der Waals surface area contributed by atoms with Crippen molar-refractivity contribution in [2.75, 3.05) is 11.6 Å². The Kier molecular flexibility index (Phi) is 7.80. The maximum atomic E-state index is 15.5. The minimum Gasteiger partial charge on any atom is -0.436 e. The lowest BCUT2D eigenvalue weighted by atomic mass is 9.63. The SMILES string of the molecule is Cc1cc(C2(C(F)(F)F)CCC2)c(F)c(C)c1Oc1nnc(C(F)(F)F)c(C)c1C(=O)Nc1cccc(S(C)(=N)=O)c1. The summed E-state index contributed by atoms with van der Waals surface area (Å²) in [4.78, 5) is 13.4. The molecule has 1 saturated carbocycles. The molecule has 3 aromatic rings. The van der Waals surface area contributed by atoms with Crippen LogP contribution in [0.5, 0.6) is 11.6 Å². The smallest absolute Gasteiger partial charge is 0.435 e. The average Bonchev–Trinajstić information content (AvgIpc) is 2.82. The third kappa shape index (κ3) is 5.53. The van der Waals surface area contributed by atoms with Crippen LogP contribution in [-0.2, 0) is 21.3 Å². The molecule has 226 valence electrons. The van der Waals surface area contributed by atoms with Gasteiger partial charge in [0.1, 0.15) is 17.1 Å². The van der Waals surface area contributed by atoms with Crippen LogP contribution < -0.4 is 10.1 Å². The molecule has 0 bridgehead atoms. The number of alkyl halides is 6. The molecule has 2 aromatic carbocycles. The van der Waals surface area contributed by atoms with Crippen molar-refractivity contribution in [2.45, 2.75) is 62.7 Å². The first-order valence-corrected chi connectivity index (χ1v) is 14.4. The van der Waals surface area contributed by atoms with E-state index in [1.54, 1.807) is 0 Å². The number of ether oxygens (including phenoxy) is 1. The van der Waals surface area contributed by atoms with Gasteiger partial charge in [0, 0.05) is 28.0 Å². The van der Waals surface area contributed by atoms with Gasteiger partial charge in [-0.25, -0.2) is 13.4 Å². The molecule has 1 aliphatic carbocycles. The average molecular weight is 619 g/mol. The number of carbonyl (C=O) groups excluding carboxylic acids is 1. The zero-order valence-electron chi connectivity index (χ0n) is 22.7. The lowest BCUT2D eigenvalue weighted by Gasteiger charge is -2.44. The summed E-state index contributed by atoms with van der Waals surface area (Å²) in [7, 11) is -3.20. The van der Waals surface area contributed by atoms with E-state index < -0.39 is 67.5 Å². The number of benzene rings is 2. The molecule has 1 aromatic heterocycles. The van der Waals surface area contributed by atoms with Crippen LogP contribution in [0.1, 0.15) is 57.6 Å². The van der Waals surface area contributed by atoms with Gasteiger partial charge in [-0.05, 0) is 69.0 Å². The minimum atomic E-state index is -5.02. The lowest BCUT2D eigenvalue weighted by Crippen LogP contribution is -2.48. The zero-order valence-corrected chi connectivity index (χ0v) is 23.5. The number of hydrogen-bond donors (Lipinski definition) is 2. The van der Waals surface area contributed by atoms with E-state index in [1.807, 2.05) is 0 Å². The summed E-state index contributed by atoms with van der Waals surface area (Å²) >= 11 is 0. The summed E-state index contributed by atoms with van der Waals surface area (Å²) in [6.45, 7) is 3.45. The van der Waals surface area contributed by atoms with Crippen LogP contribution in [-0.4, -0.2) is 32.7 Å². The minimum absolute atomic E-state index is 0.00393. The van der Waals surface area contributed by atoms with Crippen LogP contribution >= 0.6 is 0 Å². The summed E-state index contributed by atoms with van der Waals surface area (Å²) in [6, 6.07) is 6.30. The van der Waals surface area contributed by atoms with E-state index in [4.69, 9.17) is 9.52 Å². The molecule has 1 atom stereocenters. The molecule has 0 saturated heterocycles. The van der Waals surface area contributed by atoms with E-state index in [0.29, 0.717) is 0 Å². The second-order valence-electron chi connectivity index (χ2n) is 10.2. The summed E-state index contributed by atoms with van der Waals surface area (Å²) in [5.74, 6) is -3.42. The third-order valence-electron chi connectivity index (χ3n) is 7.31. The highest BCUT2D eigenvalue weighted by Crippen LogP contribution is 2.56. The first-order valence-electron chi connectivity index (χ1n) is 12.4. The molecule has 42 heavy (non-hydrogen) atoms. The number of carbonyl (C=O) groups is 1. The number of aromatic nitrogens is 2. The van der Waals surface area contributed by atoms with E-state index in [1.165, 1.54) is 31.2 Å². The number of rotatable bonds is 6. The highest BCUT2D eigenvalue weighted by Gasteiger charge is 2.60. The first-order chi connectivity index (χ1) is 19.3. The Morgan fingerprint density at radius 2 is 1.69 bits per heavy atom. The maximum absolute atomic E-state index is 15.5. The predicted molar refractivity (Wildman–Crippen MR) is 139 cm³/mol. The van der Waals surface area contributed by atoms with Crippen molar-refractivity contribution in [1.29, 1.82) is 4.78 Å². The van der Waals surface area contributed by atoms with E-state index in [9.17, 15) is 35.3 Å². The van der Waals surface area contributed by atoms with E-state index in [0.717, 1.165) is 26.2 Å². The number of halogens is 7. The van der Waals surface area contributed by atoms with Gasteiger partial charge in [0.05, 0.1) is 15.1 Å². The van der Waals surface area contributed by atoms with Gasteiger partial charge in [0.25, 0.3) is 11.8 Å². The normalized spacial score (nSPS) is 16.4. The molecule has 0 aliphatic heterocycles. The van der Waals surface area contributed by atoms with Gasteiger partial charge in [-0.2, -0.15) is 26.3 Å².